The van der Waals surface area contributed by atoms with Gasteiger partial charge in [0.15, 0.2) is 0 Å². The van der Waals surface area contributed by atoms with Crippen LogP contribution in [0.2, 0.25) is 0 Å². The highest BCUT2D eigenvalue weighted by Gasteiger charge is 2.21. The summed E-state index contributed by atoms with van der Waals surface area (Å²) in [5, 5.41) is 8.87. The lowest BCUT2D eigenvalue weighted by molar-refractivity contribution is -0.137. The number of aryl methyl sites for hydroxylation is 1. The van der Waals surface area contributed by atoms with Gasteiger partial charge in [-0.25, -0.2) is 0 Å². The first-order chi connectivity index (χ1) is 11.4. The minimum Gasteiger partial charge on any atom is -0.480 e. The Balaban J connectivity index is 2.48. The van der Waals surface area contributed by atoms with Crippen LogP contribution in [0, 0.1) is 13.8 Å². The number of aromatic nitrogens is 1. The monoisotopic (exact) mass is 328 g/mol. The zero-order valence-corrected chi connectivity index (χ0v) is 13.9. The van der Waals surface area contributed by atoms with E-state index in [4.69, 9.17) is 5.11 Å². The number of carbonyl (C=O) groups excluding carboxylic acids is 1. The summed E-state index contributed by atoms with van der Waals surface area (Å²) < 4.78 is 1.02. The molecule has 0 fully saturated rings. The predicted octanol–water partition coefficient (Wildman–Crippen LogP) is 2.22. The highest BCUT2D eigenvalue weighted by Crippen LogP contribution is 2.23. The third-order valence-corrected chi connectivity index (χ3v) is 3.98. The van der Waals surface area contributed by atoms with E-state index in [1.807, 2.05) is 39.0 Å². The number of carbonyl (C=O) groups is 2. The van der Waals surface area contributed by atoms with E-state index in [1.54, 1.807) is 0 Å². The number of aliphatic carboxylic acids is 1. The Bertz CT molecular complexity index is 839. The Morgan fingerprint density at radius 3 is 2.50 bits per heavy atom. The average molecular weight is 328 g/mol. The minimum absolute atomic E-state index is 0.0403. The lowest BCUT2D eigenvalue weighted by atomic mass is 10.1. The van der Waals surface area contributed by atoms with Crippen LogP contribution in [0.25, 0.3) is 0 Å². The summed E-state index contributed by atoms with van der Waals surface area (Å²) in [7, 11) is 0. The van der Waals surface area contributed by atoms with Gasteiger partial charge < -0.3 is 14.6 Å². The van der Waals surface area contributed by atoms with Crippen molar-refractivity contribution in [2.75, 3.05) is 11.4 Å². The van der Waals surface area contributed by atoms with E-state index < -0.39 is 24.0 Å². The van der Waals surface area contributed by atoms with Crippen LogP contribution in [0.3, 0.4) is 0 Å². The molecule has 0 aliphatic heterocycles. The maximum Gasteiger partial charge on any atom is 0.323 e. The van der Waals surface area contributed by atoms with Gasteiger partial charge in [-0.1, -0.05) is 12.1 Å². The molecule has 6 nitrogen and oxygen atoms in total. The molecule has 0 atom stereocenters. The molecule has 0 unspecified atom stereocenters. The van der Waals surface area contributed by atoms with E-state index in [1.165, 1.54) is 23.2 Å². The summed E-state index contributed by atoms with van der Waals surface area (Å²) in [5.74, 6) is -1.57. The van der Waals surface area contributed by atoms with Gasteiger partial charge in [0.1, 0.15) is 12.1 Å². The molecular weight excluding hydrogens is 308 g/mol. The van der Waals surface area contributed by atoms with Crippen LogP contribution in [0.15, 0.2) is 41.3 Å². The maximum atomic E-state index is 12.9. The van der Waals surface area contributed by atoms with Crippen LogP contribution in [-0.4, -0.2) is 28.1 Å². The molecule has 0 saturated carbocycles. The van der Waals surface area contributed by atoms with E-state index in [0.29, 0.717) is 6.54 Å². The number of amides is 1. The molecule has 0 bridgehead atoms. The predicted molar refractivity (Wildman–Crippen MR) is 91.6 cm³/mol. The van der Waals surface area contributed by atoms with E-state index >= 15 is 0 Å². The highest BCUT2D eigenvalue weighted by molar-refractivity contribution is 6.06. The van der Waals surface area contributed by atoms with Crippen molar-refractivity contribution in [3.8, 4) is 0 Å². The lowest BCUT2D eigenvalue weighted by Gasteiger charge is -2.24. The van der Waals surface area contributed by atoms with Crippen LogP contribution in [0.5, 0.6) is 0 Å². The van der Waals surface area contributed by atoms with Crippen molar-refractivity contribution in [1.29, 1.82) is 0 Å². The zero-order valence-electron chi connectivity index (χ0n) is 13.9. The molecule has 126 valence electrons. The van der Waals surface area contributed by atoms with Crippen molar-refractivity contribution in [3.05, 3.63) is 63.6 Å². The van der Waals surface area contributed by atoms with Crippen LogP contribution >= 0.6 is 0 Å². The first-order valence-corrected chi connectivity index (χ1v) is 7.66. The van der Waals surface area contributed by atoms with E-state index in [9.17, 15) is 14.4 Å². The van der Waals surface area contributed by atoms with Gasteiger partial charge in [0.25, 0.3) is 11.5 Å². The second-order valence-corrected chi connectivity index (χ2v) is 5.52. The van der Waals surface area contributed by atoms with E-state index in [0.717, 1.165) is 21.4 Å². The standard InChI is InChI=1S/C18H20N2O4/c1-4-20(15-9-5-7-12(2)13(15)3)18(24)14-8-6-10-19(17(14)23)11-16(21)22/h5-10H,4,11H2,1-3H3,(H,21,22). The molecular formula is C18H20N2O4. The van der Waals surface area contributed by atoms with Crippen LogP contribution in [0.1, 0.15) is 28.4 Å². The summed E-state index contributed by atoms with van der Waals surface area (Å²) in [6, 6.07) is 8.59. The normalized spacial score (nSPS) is 10.5. The first kappa shape index (κ1) is 17.5. The van der Waals surface area contributed by atoms with Gasteiger partial charge in [-0.15, -0.1) is 0 Å². The molecule has 0 aliphatic carbocycles. The Morgan fingerprint density at radius 1 is 1.17 bits per heavy atom. The molecule has 1 amide bonds. The Hall–Kier alpha value is -2.89. The Kier molecular flexibility index (Phi) is 5.18. The first-order valence-electron chi connectivity index (χ1n) is 7.66. The molecule has 2 aromatic rings. The van der Waals surface area contributed by atoms with E-state index in [-0.39, 0.29) is 5.56 Å². The fourth-order valence-electron chi connectivity index (χ4n) is 2.57. The molecule has 1 N–H and O–H groups in total. The van der Waals surface area contributed by atoms with Crippen molar-refractivity contribution in [2.24, 2.45) is 0 Å². The summed E-state index contributed by atoms with van der Waals surface area (Å²) in [6.45, 7) is 5.64. The number of rotatable bonds is 5. The second kappa shape index (κ2) is 7.12. The summed E-state index contributed by atoms with van der Waals surface area (Å²) in [5.41, 5.74) is 2.12. The summed E-state index contributed by atoms with van der Waals surface area (Å²) in [6.07, 6.45) is 1.36. The van der Waals surface area contributed by atoms with Crippen LogP contribution in [-0.2, 0) is 11.3 Å². The molecule has 2 rings (SSSR count). The molecule has 0 spiro atoms. The molecule has 0 radical (unpaired) electrons. The molecule has 6 heteroatoms. The topological polar surface area (TPSA) is 79.6 Å². The van der Waals surface area contributed by atoms with Crippen molar-refractivity contribution in [3.63, 3.8) is 0 Å². The van der Waals surface area contributed by atoms with Crippen molar-refractivity contribution in [2.45, 2.75) is 27.3 Å². The quantitative estimate of drug-likeness (QED) is 0.912. The summed E-state index contributed by atoms with van der Waals surface area (Å²) >= 11 is 0. The fraction of sp³-hybridized carbons (Fsp3) is 0.278. The van der Waals surface area contributed by atoms with E-state index in [2.05, 4.69) is 0 Å². The summed E-state index contributed by atoms with van der Waals surface area (Å²) in [4.78, 5) is 37.6. The smallest absolute Gasteiger partial charge is 0.323 e. The van der Waals surface area contributed by atoms with Crippen molar-refractivity contribution in [1.82, 2.24) is 4.57 Å². The van der Waals surface area contributed by atoms with Crippen LogP contribution < -0.4 is 10.5 Å². The number of carboxylic acids is 1. The molecule has 1 aromatic carbocycles. The fourth-order valence-corrected chi connectivity index (χ4v) is 2.57. The third kappa shape index (κ3) is 3.37. The number of benzene rings is 1. The van der Waals surface area contributed by atoms with Gasteiger partial charge in [-0.05, 0) is 50.1 Å². The third-order valence-electron chi connectivity index (χ3n) is 3.98. The average Bonchev–Trinajstić information content (AvgIpc) is 2.53. The van der Waals surface area contributed by atoms with Crippen LogP contribution in [0.4, 0.5) is 5.69 Å². The van der Waals surface area contributed by atoms with Gasteiger partial charge in [0.05, 0.1) is 0 Å². The molecule has 1 heterocycles. The largest absolute Gasteiger partial charge is 0.480 e. The Labute approximate surface area is 140 Å². The second-order valence-electron chi connectivity index (χ2n) is 5.52. The van der Waals surface area contributed by atoms with Crippen molar-refractivity contribution < 1.29 is 14.7 Å². The molecule has 24 heavy (non-hydrogen) atoms. The SMILES string of the molecule is CCN(C(=O)c1cccn(CC(=O)O)c1=O)c1cccc(C)c1C. The van der Waals surface area contributed by atoms with Gasteiger partial charge in [-0.2, -0.15) is 0 Å². The lowest BCUT2D eigenvalue weighted by Crippen LogP contribution is -2.37. The van der Waals surface area contributed by atoms with Gasteiger partial charge in [0.2, 0.25) is 0 Å². The number of carboxylic acid groups (broad SMARTS) is 1. The number of nitrogens with zero attached hydrogens (tertiary/aromatic N) is 2. The van der Waals surface area contributed by atoms with Gasteiger partial charge in [0, 0.05) is 18.4 Å². The zero-order chi connectivity index (χ0) is 17.9. The van der Waals surface area contributed by atoms with Gasteiger partial charge >= 0.3 is 5.97 Å². The number of pyridine rings is 1. The minimum atomic E-state index is -1.14. The molecule has 0 aliphatic rings. The Morgan fingerprint density at radius 2 is 1.88 bits per heavy atom. The molecule has 0 saturated heterocycles. The maximum absolute atomic E-state index is 12.9. The highest BCUT2D eigenvalue weighted by atomic mass is 16.4. The number of anilines is 1. The van der Waals surface area contributed by atoms with Gasteiger partial charge in [-0.3, -0.25) is 14.4 Å². The van der Waals surface area contributed by atoms with Crippen molar-refractivity contribution >= 4 is 17.6 Å². The number of hydrogen-bond donors (Lipinski definition) is 1. The number of hydrogen-bond acceptors (Lipinski definition) is 3. The molecule has 1 aromatic heterocycles.